The van der Waals surface area contributed by atoms with Crippen LogP contribution >= 0.6 is 22.7 Å². The molecule has 1 saturated heterocycles. The molecule has 0 aliphatic carbocycles. The Morgan fingerprint density at radius 3 is 2.68 bits per heavy atom. The lowest BCUT2D eigenvalue weighted by molar-refractivity contribution is -0.120. The summed E-state index contributed by atoms with van der Waals surface area (Å²) >= 11 is 3.28. The van der Waals surface area contributed by atoms with E-state index < -0.39 is 0 Å². The zero-order valence-electron chi connectivity index (χ0n) is 16.1. The van der Waals surface area contributed by atoms with Crippen molar-refractivity contribution in [3.8, 4) is 9.88 Å². The van der Waals surface area contributed by atoms with Gasteiger partial charge in [-0.1, -0.05) is 35.9 Å². The molecule has 3 aromatic rings. The summed E-state index contributed by atoms with van der Waals surface area (Å²) in [6, 6.07) is 13.0. The van der Waals surface area contributed by atoms with Crippen molar-refractivity contribution in [1.82, 2.24) is 15.2 Å². The number of nitrogens with zero attached hydrogens (tertiary/aromatic N) is 2. The molecule has 0 radical (unpaired) electrons. The predicted molar refractivity (Wildman–Crippen MR) is 117 cm³/mol. The van der Waals surface area contributed by atoms with Crippen LogP contribution in [0, 0.1) is 6.92 Å². The summed E-state index contributed by atoms with van der Waals surface area (Å²) in [5, 5.41) is 8.19. The van der Waals surface area contributed by atoms with Crippen LogP contribution in [-0.2, 0) is 11.2 Å². The highest BCUT2D eigenvalue weighted by Gasteiger charge is 2.24. The molecule has 1 aliphatic rings. The van der Waals surface area contributed by atoms with E-state index in [9.17, 15) is 4.79 Å². The molecule has 3 heterocycles. The number of thiophene rings is 1. The average Bonchev–Trinajstić information content (AvgIpc) is 3.46. The Morgan fingerprint density at radius 2 is 1.96 bits per heavy atom. The predicted octanol–water partition coefficient (Wildman–Crippen LogP) is 4.68. The van der Waals surface area contributed by atoms with Crippen LogP contribution in [0.25, 0.3) is 9.88 Å². The van der Waals surface area contributed by atoms with Gasteiger partial charge in [-0.05, 0) is 49.9 Å². The molecule has 0 saturated carbocycles. The van der Waals surface area contributed by atoms with Crippen molar-refractivity contribution in [3.63, 3.8) is 0 Å². The zero-order valence-corrected chi connectivity index (χ0v) is 17.7. The SMILES string of the molecule is Cc1ccc(C(CNC(=O)Cc2csc(-c3cccs3)n2)N2CCCC2)cc1. The number of nitrogens with one attached hydrogen (secondary N) is 1. The summed E-state index contributed by atoms with van der Waals surface area (Å²) in [6.07, 6.45) is 2.81. The Bertz CT molecular complexity index is 896. The van der Waals surface area contributed by atoms with Crippen LogP contribution < -0.4 is 5.32 Å². The van der Waals surface area contributed by atoms with Crippen LogP contribution in [0.2, 0.25) is 0 Å². The van der Waals surface area contributed by atoms with E-state index in [1.807, 2.05) is 16.8 Å². The van der Waals surface area contributed by atoms with Gasteiger partial charge in [0, 0.05) is 11.9 Å². The van der Waals surface area contributed by atoms with E-state index >= 15 is 0 Å². The van der Waals surface area contributed by atoms with Gasteiger partial charge in [-0.25, -0.2) is 4.98 Å². The van der Waals surface area contributed by atoms with Crippen LogP contribution in [0.3, 0.4) is 0 Å². The number of aromatic nitrogens is 1. The van der Waals surface area contributed by atoms with Gasteiger partial charge in [-0.15, -0.1) is 22.7 Å². The molecule has 146 valence electrons. The monoisotopic (exact) mass is 411 g/mol. The summed E-state index contributed by atoms with van der Waals surface area (Å²) in [5.41, 5.74) is 3.39. The van der Waals surface area contributed by atoms with Crippen LogP contribution in [-0.4, -0.2) is 35.4 Å². The molecular formula is C22H25N3OS2. The third-order valence-electron chi connectivity index (χ3n) is 5.16. The second kappa shape index (κ2) is 8.99. The van der Waals surface area contributed by atoms with Gasteiger partial charge in [0.1, 0.15) is 5.01 Å². The van der Waals surface area contributed by atoms with Gasteiger partial charge in [-0.2, -0.15) is 0 Å². The summed E-state index contributed by atoms with van der Waals surface area (Å²) in [5.74, 6) is 0.0411. The Morgan fingerprint density at radius 1 is 1.18 bits per heavy atom. The molecule has 1 fully saturated rings. The van der Waals surface area contributed by atoms with Gasteiger partial charge >= 0.3 is 0 Å². The lowest BCUT2D eigenvalue weighted by Crippen LogP contribution is -2.37. The molecule has 28 heavy (non-hydrogen) atoms. The normalized spacial score (nSPS) is 15.6. The number of carbonyl (C=O) groups excluding carboxylic acids is 1. The van der Waals surface area contributed by atoms with Gasteiger partial charge < -0.3 is 5.32 Å². The number of hydrogen-bond acceptors (Lipinski definition) is 5. The van der Waals surface area contributed by atoms with Crippen LogP contribution in [0.4, 0.5) is 0 Å². The smallest absolute Gasteiger partial charge is 0.226 e. The minimum Gasteiger partial charge on any atom is -0.354 e. The van der Waals surface area contributed by atoms with Crippen molar-refractivity contribution in [2.24, 2.45) is 0 Å². The van der Waals surface area contributed by atoms with Crippen LogP contribution in [0.1, 0.15) is 35.7 Å². The van der Waals surface area contributed by atoms with Gasteiger partial charge in [0.05, 0.1) is 23.0 Å². The first-order chi connectivity index (χ1) is 13.7. The third kappa shape index (κ3) is 4.69. The number of benzene rings is 1. The second-order valence-corrected chi connectivity index (χ2v) is 9.08. The summed E-state index contributed by atoms with van der Waals surface area (Å²) in [7, 11) is 0. The van der Waals surface area contributed by atoms with Gasteiger partial charge in [0.25, 0.3) is 0 Å². The van der Waals surface area contributed by atoms with Crippen molar-refractivity contribution in [2.45, 2.75) is 32.2 Å². The minimum atomic E-state index is 0.0411. The first-order valence-electron chi connectivity index (χ1n) is 9.74. The summed E-state index contributed by atoms with van der Waals surface area (Å²) in [4.78, 5) is 20.8. The molecule has 1 atom stereocenters. The van der Waals surface area contributed by atoms with E-state index in [4.69, 9.17) is 0 Å². The Balaban J connectivity index is 1.38. The second-order valence-electron chi connectivity index (χ2n) is 7.27. The molecule has 4 rings (SSSR count). The molecule has 0 bridgehead atoms. The van der Waals surface area contributed by atoms with Crippen molar-refractivity contribution in [3.05, 3.63) is 64.0 Å². The fourth-order valence-electron chi connectivity index (χ4n) is 3.64. The molecule has 1 aromatic carbocycles. The summed E-state index contributed by atoms with van der Waals surface area (Å²) < 4.78 is 0. The highest BCUT2D eigenvalue weighted by Crippen LogP contribution is 2.28. The summed E-state index contributed by atoms with van der Waals surface area (Å²) in [6.45, 7) is 4.95. The van der Waals surface area contributed by atoms with Crippen molar-refractivity contribution in [2.75, 3.05) is 19.6 Å². The number of thiazole rings is 1. The quantitative estimate of drug-likeness (QED) is 0.614. The maximum atomic E-state index is 12.6. The third-order valence-corrected chi connectivity index (χ3v) is 7.09. The molecule has 6 heteroatoms. The topological polar surface area (TPSA) is 45.2 Å². The molecule has 1 amide bonds. The average molecular weight is 412 g/mol. The van der Waals surface area contributed by atoms with Crippen molar-refractivity contribution >= 4 is 28.6 Å². The van der Waals surface area contributed by atoms with E-state index in [1.165, 1.54) is 24.0 Å². The largest absolute Gasteiger partial charge is 0.354 e. The van der Waals surface area contributed by atoms with E-state index in [1.54, 1.807) is 22.7 Å². The van der Waals surface area contributed by atoms with E-state index in [-0.39, 0.29) is 11.9 Å². The maximum absolute atomic E-state index is 12.6. The van der Waals surface area contributed by atoms with Gasteiger partial charge in [-0.3, -0.25) is 9.69 Å². The number of rotatable bonds is 7. The lowest BCUT2D eigenvalue weighted by Gasteiger charge is -2.28. The van der Waals surface area contributed by atoms with Crippen LogP contribution in [0.5, 0.6) is 0 Å². The number of carbonyl (C=O) groups is 1. The molecule has 2 aromatic heterocycles. The van der Waals surface area contributed by atoms with Crippen LogP contribution in [0.15, 0.2) is 47.2 Å². The fraction of sp³-hybridized carbons (Fsp3) is 0.364. The fourth-order valence-corrected chi connectivity index (χ4v) is 5.27. The number of hydrogen-bond donors (Lipinski definition) is 1. The lowest BCUT2D eigenvalue weighted by atomic mass is 10.0. The number of aryl methyl sites for hydroxylation is 1. The number of likely N-dealkylation sites (tertiary alicyclic amines) is 1. The molecule has 1 N–H and O–H groups in total. The molecule has 1 unspecified atom stereocenters. The van der Waals surface area contributed by atoms with E-state index in [0.717, 1.165) is 28.7 Å². The maximum Gasteiger partial charge on any atom is 0.226 e. The highest BCUT2D eigenvalue weighted by atomic mass is 32.1. The molecule has 1 aliphatic heterocycles. The Kier molecular flexibility index (Phi) is 6.20. The zero-order chi connectivity index (χ0) is 19.3. The van der Waals surface area contributed by atoms with Crippen molar-refractivity contribution in [1.29, 1.82) is 0 Å². The Labute approximate surface area is 174 Å². The first kappa shape index (κ1) is 19.3. The van der Waals surface area contributed by atoms with Crippen molar-refractivity contribution < 1.29 is 4.79 Å². The van der Waals surface area contributed by atoms with E-state index in [0.29, 0.717) is 13.0 Å². The number of amides is 1. The van der Waals surface area contributed by atoms with E-state index in [2.05, 4.69) is 52.5 Å². The first-order valence-corrected chi connectivity index (χ1v) is 11.5. The molecule has 4 nitrogen and oxygen atoms in total. The highest BCUT2D eigenvalue weighted by molar-refractivity contribution is 7.20. The minimum absolute atomic E-state index is 0.0411. The molecular weight excluding hydrogens is 386 g/mol. The standard InChI is InChI=1S/C22H25N3OS2/c1-16-6-8-17(9-7-16)19(25-10-2-3-11-25)14-23-21(26)13-18-15-28-22(24-18)20-5-4-12-27-20/h4-9,12,15,19H,2-3,10-11,13-14H2,1H3,(H,23,26). The molecule has 0 spiro atoms. The Hall–Kier alpha value is -2.02. The van der Waals surface area contributed by atoms with Gasteiger partial charge in [0.2, 0.25) is 5.91 Å². The van der Waals surface area contributed by atoms with Gasteiger partial charge in [0.15, 0.2) is 0 Å².